The summed E-state index contributed by atoms with van der Waals surface area (Å²) in [4.78, 5) is 22.1. The molecule has 2 unspecified atom stereocenters. The first-order valence-electron chi connectivity index (χ1n) is 4.33. The molecule has 1 saturated carbocycles. The molecule has 1 aliphatic rings. The fourth-order valence-electron chi connectivity index (χ4n) is 1.33. The maximum absolute atomic E-state index is 11.3. The molecule has 12 heavy (non-hydrogen) atoms. The monoisotopic (exact) mass is 169 g/mol. The summed E-state index contributed by atoms with van der Waals surface area (Å²) >= 11 is 0. The fraction of sp³-hybridized carbons (Fsp3) is 0.778. The van der Waals surface area contributed by atoms with E-state index in [9.17, 15) is 9.59 Å². The SMILES string of the molecule is CC(=O)C1CC1C(=O)NC(C)C. The van der Waals surface area contributed by atoms with Crippen molar-refractivity contribution in [3.8, 4) is 0 Å². The Labute approximate surface area is 72.5 Å². The third kappa shape index (κ3) is 2.06. The maximum atomic E-state index is 11.3. The third-order valence-corrected chi connectivity index (χ3v) is 2.08. The average molecular weight is 169 g/mol. The first-order chi connectivity index (χ1) is 5.52. The molecule has 1 rings (SSSR count). The lowest BCUT2D eigenvalue weighted by molar-refractivity contribution is -0.125. The van der Waals surface area contributed by atoms with E-state index in [-0.39, 0.29) is 29.6 Å². The second-order valence-electron chi connectivity index (χ2n) is 3.72. The first-order valence-corrected chi connectivity index (χ1v) is 4.33. The van der Waals surface area contributed by atoms with E-state index in [1.807, 2.05) is 13.8 Å². The largest absolute Gasteiger partial charge is 0.354 e. The number of carbonyl (C=O) groups is 2. The Morgan fingerprint density at radius 1 is 1.33 bits per heavy atom. The highest BCUT2D eigenvalue weighted by atomic mass is 16.2. The Morgan fingerprint density at radius 2 is 1.92 bits per heavy atom. The van der Waals surface area contributed by atoms with Crippen molar-refractivity contribution < 1.29 is 9.59 Å². The molecule has 0 radical (unpaired) electrons. The summed E-state index contributed by atoms with van der Waals surface area (Å²) in [6.45, 7) is 5.39. The third-order valence-electron chi connectivity index (χ3n) is 2.08. The van der Waals surface area contributed by atoms with Gasteiger partial charge in [0.25, 0.3) is 0 Å². The van der Waals surface area contributed by atoms with Crippen LogP contribution < -0.4 is 5.32 Å². The molecule has 1 aliphatic carbocycles. The topological polar surface area (TPSA) is 46.2 Å². The van der Waals surface area contributed by atoms with E-state index in [4.69, 9.17) is 0 Å². The van der Waals surface area contributed by atoms with Crippen molar-refractivity contribution >= 4 is 11.7 Å². The maximum Gasteiger partial charge on any atom is 0.224 e. The number of hydrogen-bond donors (Lipinski definition) is 1. The van der Waals surface area contributed by atoms with Gasteiger partial charge in [-0.2, -0.15) is 0 Å². The van der Waals surface area contributed by atoms with Crippen LogP contribution in [0.3, 0.4) is 0 Å². The fourth-order valence-corrected chi connectivity index (χ4v) is 1.33. The quantitative estimate of drug-likeness (QED) is 0.677. The molecule has 3 nitrogen and oxygen atoms in total. The summed E-state index contributed by atoms with van der Waals surface area (Å²) in [5, 5.41) is 2.80. The number of rotatable bonds is 3. The van der Waals surface area contributed by atoms with E-state index in [0.29, 0.717) is 0 Å². The lowest BCUT2D eigenvalue weighted by atomic mass is 10.2. The molecule has 0 spiro atoms. The molecule has 1 N–H and O–H groups in total. The Balaban J connectivity index is 2.33. The molecule has 68 valence electrons. The van der Waals surface area contributed by atoms with Crippen molar-refractivity contribution in [1.29, 1.82) is 0 Å². The molecular weight excluding hydrogens is 154 g/mol. The van der Waals surface area contributed by atoms with Crippen molar-refractivity contribution in [2.75, 3.05) is 0 Å². The number of nitrogens with one attached hydrogen (secondary N) is 1. The molecular formula is C9H15NO2. The van der Waals surface area contributed by atoms with E-state index in [2.05, 4.69) is 5.32 Å². The molecule has 0 bridgehead atoms. The highest BCUT2D eigenvalue weighted by Gasteiger charge is 2.45. The highest BCUT2D eigenvalue weighted by molar-refractivity contribution is 5.92. The molecule has 1 fully saturated rings. The zero-order valence-electron chi connectivity index (χ0n) is 7.76. The van der Waals surface area contributed by atoms with Gasteiger partial charge in [0.05, 0.1) is 0 Å². The van der Waals surface area contributed by atoms with E-state index in [0.717, 1.165) is 6.42 Å². The van der Waals surface area contributed by atoms with Gasteiger partial charge >= 0.3 is 0 Å². The number of amides is 1. The van der Waals surface area contributed by atoms with Gasteiger partial charge in [-0.15, -0.1) is 0 Å². The van der Waals surface area contributed by atoms with Gasteiger partial charge < -0.3 is 5.32 Å². The highest BCUT2D eigenvalue weighted by Crippen LogP contribution is 2.39. The van der Waals surface area contributed by atoms with Crippen molar-refractivity contribution in [3.05, 3.63) is 0 Å². The van der Waals surface area contributed by atoms with Crippen LogP contribution in [0.2, 0.25) is 0 Å². The number of ketones is 1. The standard InChI is InChI=1S/C9H15NO2/c1-5(2)10-9(12)8-4-7(8)6(3)11/h5,7-8H,4H2,1-3H3,(H,10,12). The van der Waals surface area contributed by atoms with Gasteiger partial charge in [-0.3, -0.25) is 9.59 Å². The van der Waals surface area contributed by atoms with E-state index < -0.39 is 0 Å². The van der Waals surface area contributed by atoms with Gasteiger partial charge in [0.2, 0.25) is 5.91 Å². The van der Waals surface area contributed by atoms with Crippen molar-refractivity contribution in [1.82, 2.24) is 5.32 Å². The molecule has 0 saturated heterocycles. The molecule has 2 atom stereocenters. The lowest BCUT2D eigenvalue weighted by Gasteiger charge is -2.06. The molecule has 1 amide bonds. The van der Waals surface area contributed by atoms with Crippen molar-refractivity contribution in [3.63, 3.8) is 0 Å². The van der Waals surface area contributed by atoms with Crippen LogP contribution in [-0.4, -0.2) is 17.7 Å². The number of carbonyl (C=O) groups excluding carboxylic acids is 2. The Hall–Kier alpha value is -0.860. The van der Waals surface area contributed by atoms with Crippen LogP contribution in [0, 0.1) is 11.8 Å². The van der Waals surface area contributed by atoms with Gasteiger partial charge in [0.15, 0.2) is 0 Å². The van der Waals surface area contributed by atoms with Crippen LogP contribution in [0.5, 0.6) is 0 Å². The van der Waals surface area contributed by atoms with Crippen LogP contribution in [0.25, 0.3) is 0 Å². The summed E-state index contributed by atoms with van der Waals surface area (Å²) in [6.07, 6.45) is 0.744. The second kappa shape index (κ2) is 3.25. The predicted octanol–water partition coefficient (Wildman–Crippen LogP) is 0.736. The lowest BCUT2D eigenvalue weighted by Crippen LogP contribution is -2.32. The van der Waals surface area contributed by atoms with Gasteiger partial charge in [-0.05, 0) is 27.2 Å². The van der Waals surface area contributed by atoms with Gasteiger partial charge in [0.1, 0.15) is 5.78 Å². The molecule has 0 aliphatic heterocycles. The molecule has 0 aromatic carbocycles. The van der Waals surface area contributed by atoms with E-state index in [1.54, 1.807) is 6.92 Å². The molecule has 3 heteroatoms. The average Bonchev–Trinajstić information content (AvgIpc) is 2.61. The van der Waals surface area contributed by atoms with Crippen LogP contribution in [0.1, 0.15) is 27.2 Å². The van der Waals surface area contributed by atoms with Crippen LogP contribution in [0.15, 0.2) is 0 Å². The molecule has 0 aromatic heterocycles. The Morgan fingerprint density at radius 3 is 2.25 bits per heavy atom. The second-order valence-corrected chi connectivity index (χ2v) is 3.72. The number of hydrogen-bond acceptors (Lipinski definition) is 2. The molecule has 0 heterocycles. The summed E-state index contributed by atoms with van der Waals surface area (Å²) in [5.41, 5.74) is 0. The van der Waals surface area contributed by atoms with Crippen LogP contribution in [0.4, 0.5) is 0 Å². The Kier molecular flexibility index (Phi) is 2.50. The van der Waals surface area contributed by atoms with Gasteiger partial charge in [-0.25, -0.2) is 0 Å². The minimum atomic E-state index is -0.0371. The predicted molar refractivity (Wildman–Crippen MR) is 45.6 cm³/mol. The minimum absolute atomic E-state index is 0.00347. The summed E-state index contributed by atoms with van der Waals surface area (Å²) in [6, 6.07) is 0.172. The van der Waals surface area contributed by atoms with Crippen molar-refractivity contribution in [2.24, 2.45) is 11.8 Å². The smallest absolute Gasteiger partial charge is 0.224 e. The van der Waals surface area contributed by atoms with E-state index in [1.165, 1.54) is 0 Å². The van der Waals surface area contributed by atoms with E-state index >= 15 is 0 Å². The van der Waals surface area contributed by atoms with Crippen LogP contribution in [-0.2, 0) is 9.59 Å². The van der Waals surface area contributed by atoms with Gasteiger partial charge in [-0.1, -0.05) is 0 Å². The number of Topliss-reactive ketones (excluding diaryl/α,β-unsaturated/α-hetero) is 1. The minimum Gasteiger partial charge on any atom is -0.354 e. The zero-order chi connectivity index (χ0) is 9.30. The summed E-state index contributed by atoms with van der Waals surface area (Å²) < 4.78 is 0. The summed E-state index contributed by atoms with van der Waals surface area (Å²) in [7, 11) is 0. The normalized spacial score (nSPS) is 27.0. The Bertz CT molecular complexity index is 211. The summed E-state index contributed by atoms with van der Waals surface area (Å²) in [5.74, 6) is 0.137. The molecule has 0 aromatic rings. The van der Waals surface area contributed by atoms with Crippen LogP contribution >= 0.6 is 0 Å². The van der Waals surface area contributed by atoms with Gasteiger partial charge in [0, 0.05) is 17.9 Å². The first kappa shape index (κ1) is 9.23. The van der Waals surface area contributed by atoms with Crippen molar-refractivity contribution in [2.45, 2.75) is 33.2 Å². The zero-order valence-corrected chi connectivity index (χ0v) is 7.76.